The molecule has 0 fully saturated rings. The number of fused-ring (bicyclic) bond motifs is 9. The number of unbranched alkanes of at least 4 members (excludes halogenated alkanes) is 6. The van der Waals surface area contributed by atoms with Gasteiger partial charge in [0.05, 0.1) is 55.4 Å². The van der Waals surface area contributed by atoms with Crippen molar-refractivity contribution in [1.82, 2.24) is 0 Å². The van der Waals surface area contributed by atoms with Crippen LogP contribution in [0.3, 0.4) is 0 Å². The molecule has 0 saturated heterocycles. The first-order valence-electron chi connectivity index (χ1n) is 41.6. The molecule has 0 atom stereocenters. The topological polar surface area (TPSA) is 198 Å². The summed E-state index contributed by atoms with van der Waals surface area (Å²) in [6.07, 6.45) is 21.6. The fourth-order valence-electron chi connectivity index (χ4n) is 17.6. The van der Waals surface area contributed by atoms with E-state index in [4.69, 9.17) is 26.6 Å². The maximum atomic E-state index is 11.3. The van der Waals surface area contributed by atoms with Gasteiger partial charge in [-0.15, -0.1) is 12.4 Å². The molecule has 0 saturated carbocycles. The van der Waals surface area contributed by atoms with E-state index in [9.17, 15) is 24.6 Å². The molecule has 646 valence electrons. The molecule has 123 heavy (non-hydrogen) atoms. The van der Waals surface area contributed by atoms with Crippen molar-refractivity contribution < 1.29 is 135 Å². The molecule has 0 radical (unpaired) electrons. The Morgan fingerprint density at radius 3 is 1.46 bits per heavy atom. The first-order valence-corrected chi connectivity index (χ1v) is 41.9. The van der Waals surface area contributed by atoms with Crippen LogP contribution in [0.15, 0.2) is 274 Å². The standard InChI is InChI=1S/C57H64N4O4.C21H23ClN3.C21H25NO2.C2H4O2.CH4.ClH.2HI.Na/c1-56(2)49(59(36-18-8-12-26-51(62)63)47-32-28-40-20-14-16-24-45(40)53(47)56)34-30-42-38-61(5,6)39-43(55(42)58-44-22-10-7-11-23-44)31-35-50-57(3,4)54-46-25-17-15-21-41(46)29-33-48(54)60(50)37-19-9-13-27-52(64)65;1-25(2)15-17(13-23-19-9-5-3-6-10-19)21(22)18(16-25)14-24-20-11-7-4-8-12-20;1-15-21(2,3)20-17-10-7-6-9-16(17)12-13-18(20)22(15)14-8-4-5-11-19(23)24;1-2(3)4;;;;;/h7,10-11,14-17,20-25,28-35H,8-9,12-13,18-19,26-27,36-39H2,1-6H3,(H-,62,63,64,65);3-14,23H,15-16H2,1-2H3;6-7,9-10,12-13H,4-5,8,11,14H2,1-3H3;1H3,(H,3,4);1H4;3*1H;/q;+1;;;;;;;+1/b42-30+,49-34+;17-13+,24-14?;;;;;;;. The number of carboxylic acids is 4. The summed E-state index contributed by atoms with van der Waals surface area (Å²) in [6.45, 7) is 23.2. The average Bonchev–Trinajstić information content (AvgIpc) is 1.58. The van der Waals surface area contributed by atoms with Gasteiger partial charge in [-0.2, -0.15) is 9.15 Å². The molecule has 0 unspecified atom stereocenters. The molecule has 16 nitrogen and oxygen atoms in total. The molecule has 5 N–H and O–H groups in total. The van der Waals surface area contributed by atoms with Crippen molar-refractivity contribution in [3.63, 3.8) is 0 Å². The fraction of sp³-hybridized carbons (Fsp3) is 0.343. The van der Waals surface area contributed by atoms with Crippen molar-refractivity contribution in [3.05, 3.63) is 286 Å². The fourth-order valence-corrected chi connectivity index (χ4v) is 17.8. The van der Waals surface area contributed by atoms with Gasteiger partial charge in [0.25, 0.3) is 0 Å². The Hall–Kier alpha value is -8.55. The van der Waals surface area contributed by atoms with E-state index in [1.807, 2.05) is 73.1 Å². The van der Waals surface area contributed by atoms with E-state index < -0.39 is 23.9 Å². The van der Waals surface area contributed by atoms with E-state index in [-0.39, 0.29) is 133 Å². The van der Waals surface area contributed by atoms with Crippen LogP contribution in [0.5, 0.6) is 0 Å². The van der Waals surface area contributed by atoms with Crippen LogP contribution >= 0.6 is 24.0 Å². The third-order valence-corrected chi connectivity index (χ3v) is 23.8. The molecular formula is C102H123Cl2I2N8NaO8+2. The molecule has 5 aliphatic heterocycles. The van der Waals surface area contributed by atoms with Crippen molar-refractivity contribution in [2.75, 3.05) is 89.5 Å². The van der Waals surface area contributed by atoms with Gasteiger partial charge in [0, 0.05) is 144 Å². The summed E-state index contributed by atoms with van der Waals surface area (Å²) in [5.41, 5.74) is 20.0. The van der Waals surface area contributed by atoms with E-state index in [0.29, 0.717) is 12.8 Å². The zero-order valence-corrected chi connectivity index (χ0v) is 80.9. The van der Waals surface area contributed by atoms with Gasteiger partial charge in [-0.1, -0.05) is 173 Å². The normalized spacial score (nSPS) is 17.0. The van der Waals surface area contributed by atoms with Gasteiger partial charge in [-0.05, 0) is 184 Å². The first-order chi connectivity index (χ1) is 56.3. The minimum Gasteiger partial charge on any atom is -1.00 e. The van der Waals surface area contributed by atoms with E-state index >= 15 is 0 Å². The zero-order chi connectivity index (χ0) is 84.5. The Kier molecular flexibility index (Phi) is 39.1. The Morgan fingerprint density at radius 1 is 0.512 bits per heavy atom. The molecular weight excluding hydrogens is 1810 g/mol. The second kappa shape index (κ2) is 46.6. The number of para-hydroxylation sites is 3. The van der Waals surface area contributed by atoms with Gasteiger partial charge in [-0.3, -0.25) is 19.4 Å². The van der Waals surface area contributed by atoms with E-state index in [0.717, 1.165) is 146 Å². The van der Waals surface area contributed by atoms with Crippen molar-refractivity contribution in [2.45, 2.75) is 156 Å². The van der Waals surface area contributed by atoms with Gasteiger partial charge in [0.2, 0.25) is 11.4 Å². The maximum absolute atomic E-state index is 11.3. The van der Waals surface area contributed by atoms with Crippen LogP contribution in [0.4, 0.5) is 34.1 Å². The number of hydrogen-bond acceptors (Lipinski definition) is 9. The van der Waals surface area contributed by atoms with E-state index in [1.165, 1.54) is 94.3 Å². The van der Waals surface area contributed by atoms with E-state index in [1.54, 1.807) is 0 Å². The first kappa shape index (κ1) is 103. The summed E-state index contributed by atoms with van der Waals surface area (Å²) in [4.78, 5) is 49.3. The van der Waals surface area contributed by atoms with Crippen molar-refractivity contribution in [3.8, 4) is 0 Å². The molecule has 0 aromatic heterocycles. The predicted molar refractivity (Wildman–Crippen MR) is 498 cm³/mol. The number of aliphatic imine (C=N–C) groups is 1. The van der Waals surface area contributed by atoms with Crippen LogP contribution in [-0.2, 0) is 35.4 Å². The number of likely N-dealkylation sites (N-methyl/N-ethyl adjacent to an activating group) is 2. The van der Waals surface area contributed by atoms with Crippen LogP contribution < -0.4 is 98.2 Å². The summed E-state index contributed by atoms with van der Waals surface area (Å²) >= 11 is 6.68. The summed E-state index contributed by atoms with van der Waals surface area (Å²) in [7, 11) is 9.04. The molecule has 5 heterocycles. The van der Waals surface area contributed by atoms with Crippen molar-refractivity contribution in [2.24, 2.45) is 4.99 Å². The molecule has 5 aliphatic rings. The number of rotatable bonds is 27. The van der Waals surface area contributed by atoms with Gasteiger partial charge in [0.1, 0.15) is 39.3 Å². The maximum Gasteiger partial charge on any atom is 1.00 e. The minimum atomic E-state index is -1.08. The minimum absolute atomic E-state index is 0. The number of quaternary nitrogens is 2. The number of allylic oxidation sites excluding steroid dienone is 4. The number of benzene rings is 9. The Morgan fingerprint density at radius 2 is 0.943 bits per heavy atom. The summed E-state index contributed by atoms with van der Waals surface area (Å²) in [5, 5.41) is 52.0. The van der Waals surface area contributed by atoms with Crippen molar-refractivity contribution in [1.29, 1.82) is 0 Å². The summed E-state index contributed by atoms with van der Waals surface area (Å²) < 4.78 is 6.55. The third kappa shape index (κ3) is 26.3. The average molecular weight is 1940 g/mol. The van der Waals surface area contributed by atoms with Crippen molar-refractivity contribution >= 4 is 132 Å². The molecule has 9 aromatic carbocycles. The molecule has 0 amide bonds. The molecule has 0 bridgehead atoms. The van der Waals surface area contributed by atoms with Gasteiger partial charge < -0.3 is 97.7 Å². The Bertz CT molecular complexity index is 5500. The number of carbonyl (C=O) groups excluding carboxylic acids is 1. The summed E-state index contributed by atoms with van der Waals surface area (Å²) in [6, 6.07) is 70.0. The Balaban J connectivity index is 0.000000330. The number of nitrogens with zero attached hydrogens (tertiary/aromatic N) is 6. The van der Waals surface area contributed by atoms with Gasteiger partial charge in [-0.25, -0.2) is 0 Å². The van der Waals surface area contributed by atoms with Crippen LogP contribution in [0, 0.1) is 0 Å². The SMILES string of the molecule is C.CC(=O)[O-].CC1(C)C(/C=C/C2=C(Nc3ccccc3)C(=C/C=C3/N(CCCCCC(=O)O)c4ccc5ccccc5c4C3(C)C)/C[N+](C)(C)C2)=[N+](CCCCCC(=O)O)c2ccc3ccccc3c21.CC1=[N+](CCCCCC(=O)O)c2ccc3ccccc3c2C1(C)C.C[N+]1(C)CC(C=Nc2ccccc2)=C(Cl)/C(=C/Nc2ccccc2)C1.Cl.[I-].[I-].[Na+]. The van der Waals surface area contributed by atoms with Gasteiger partial charge in [0.15, 0.2) is 11.4 Å². The number of hydrogen-bond donors (Lipinski definition) is 5. The molecule has 21 heteroatoms. The zero-order valence-electron chi connectivity index (χ0n) is 73.1. The number of carbonyl (C=O) groups is 4. The monoisotopic (exact) mass is 1930 g/mol. The van der Waals surface area contributed by atoms with E-state index in [2.05, 4.69) is 270 Å². The smallest absolute Gasteiger partial charge is 1.00 e. The van der Waals surface area contributed by atoms with Crippen LogP contribution in [0.2, 0.25) is 0 Å². The summed E-state index contributed by atoms with van der Waals surface area (Å²) in [5.74, 6) is -3.25. The second-order valence-corrected chi connectivity index (χ2v) is 34.9. The predicted octanol–water partition coefficient (Wildman–Crippen LogP) is 13.0. The molecule has 0 spiro atoms. The van der Waals surface area contributed by atoms with Crippen LogP contribution in [-0.4, -0.2) is 149 Å². The molecule has 0 aliphatic carbocycles. The van der Waals surface area contributed by atoms with Crippen LogP contribution in [0.25, 0.3) is 32.3 Å². The third-order valence-electron chi connectivity index (χ3n) is 23.3. The largest absolute Gasteiger partial charge is 1.00 e. The van der Waals surface area contributed by atoms with Gasteiger partial charge >= 0.3 is 47.5 Å². The molecule has 9 aromatic rings. The number of nitrogens with one attached hydrogen (secondary N) is 2. The van der Waals surface area contributed by atoms with Crippen LogP contribution in [0.1, 0.15) is 157 Å². The number of aliphatic carboxylic acids is 4. The molecule has 14 rings (SSSR count). The number of halogens is 4. The second-order valence-electron chi connectivity index (χ2n) is 34.5. The number of carboxylic acid groups (broad SMARTS) is 4. The quantitative estimate of drug-likeness (QED) is 0.00820. The Labute approximate surface area is 796 Å². The number of anilines is 3.